The lowest BCUT2D eigenvalue weighted by molar-refractivity contribution is -0.122. The van der Waals surface area contributed by atoms with Gasteiger partial charge in [-0.05, 0) is 43.5 Å². The zero-order valence-electron chi connectivity index (χ0n) is 19.5. The second-order valence-corrected chi connectivity index (χ2v) is 11.0. The molecule has 1 fully saturated rings. The fraction of sp³-hybridized carbons (Fsp3) is 0.240. The monoisotopic (exact) mass is 572 g/mol. The van der Waals surface area contributed by atoms with Gasteiger partial charge in [-0.25, -0.2) is 4.98 Å². The Morgan fingerprint density at radius 2 is 1.89 bits per heavy atom. The van der Waals surface area contributed by atoms with Crippen molar-refractivity contribution in [1.82, 2.24) is 30.4 Å². The van der Waals surface area contributed by atoms with Crippen LogP contribution in [0.3, 0.4) is 0 Å². The highest BCUT2D eigenvalue weighted by Gasteiger charge is 2.24. The van der Waals surface area contributed by atoms with E-state index in [0.717, 1.165) is 29.1 Å². The predicted octanol–water partition coefficient (Wildman–Crippen LogP) is 5.39. The number of amides is 2. The molecule has 2 N–H and O–H groups in total. The molecule has 5 rings (SSSR count). The van der Waals surface area contributed by atoms with Crippen LogP contribution in [0.5, 0.6) is 0 Å². The quantitative estimate of drug-likeness (QED) is 0.288. The predicted molar refractivity (Wildman–Crippen MR) is 147 cm³/mol. The number of rotatable bonds is 7. The van der Waals surface area contributed by atoms with E-state index in [0.29, 0.717) is 45.4 Å². The number of thiazole rings is 1. The molecule has 2 aromatic heterocycles. The van der Waals surface area contributed by atoms with Gasteiger partial charge in [-0.1, -0.05) is 59.2 Å². The summed E-state index contributed by atoms with van der Waals surface area (Å²) in [7, 11) is 0. The number of halogens is 2. The smallest absolute Gasteiger partial charge is 0.271 e. The largest absolute Gasteiger partial charge is 0.354 e. The topological polar surface area (TPSA) is 102 Å². The first kappa shape index (κ1) is 25.7. The van der Waals surface area contributed by atoms with E-state index >= 15 is 0 Å². The average molecular weight is 574 g/mol. The van der Waals surface area contributed by atoms with Crippen LogP contribution in [0.15, 0.2) is 59.1 Å². The van der Waals surface area contributed by atoms with Crippen LogP contribution >= 0.6 is 46.3 Å². The van der Waals surface area contributed by atoms with Crippen molar-refractivity contribution in [1.29, 1.82) is 0 Å². The first-order valence-electron chi connectivity index (χ1n) is 11.6. The molecule has 8 nitrogen and oxygen atoms in total. The summed E-state index contributed by atoms with van der Waals surface area (Å²) >= 11 is 15.8. The zero-order chi connectivity index (χ0) is 25.8. The summed E-state index contributed by atoms with van der Waals surface area (Å²) in [4.78, 5) is 29.4. The van der Waals surface area contributed by atoms with Crippen molar-refractivity contribution in [3.8, 4) is 17.1 Å². The maximum Gasteiger partial charge on any atom is 0.271 e. The van der Waals surface area contributed by atoms with Crippen molar-refractivity contribution < 1.29 is 9.59 Å². The third-order valence-electron chi connectivity index (χ3n) is 5.79. The fourth-order valence-electron chi connectivity index (χ4n) is 3.95. The van der Waals surface area contributed by atoms with E-state index < -0.39 is 6.04 Å². The Kier molecular flexibility index (Phi) is 8.09. The summed E-state index contributed by atoms with van der Waals surface area (Å²) < 4.78 is 1.88. The van der Waals surface area contributed by atoms with E-state index in [1.165, 1.54) is 23.1 Å². The van der Waals surface area contributed by atoms with Gasteiger partial charge in [0.15, 0.2) is 11.0 Å². The first-order chi connectivity index (χ1) is 18.0. The number of hydrogen-bond acceptors (Lipinski definition) is 7. The molecule has 3 heterocycles. The average Bonchev–Trinajstić information content (AvgIpc) is 3.49. The van der Waals surface area contributed by atoms with Crippen LogP contribution in [-0.4, -0.2) is 44.1 Å². The Balaban J connectivity index is 1.36. The molecule has 0 bridgehead atoms. The minimum Gasteiger partial charge on any atom is -0.354 e. The van der Waals surface area contributed by atoms with E-state index in [-0.39, 0.29) is 11.8 Å². The Morgan fingerprint density at radius 1 is 1.11 bits per heavy atom. The van der Waals surface area contributed by atoms with Crippen LogP contribution in [0.2, 0.25) is 10.0 Å². The van der Waals surface area contributed by atoms with Gasteiger partial charge in [-0.15, -0.1) is 21.5 Å². The van der Waals surface area contributed by atoms with E-state index in [2.05, 4.69) is 25.8 Å². The molecule has 2 amide bonds. The van der Waals surface area contributed by atoms with Crippen LogP contribution < -0.4 is 10.6 Å². The molecule has 1 saturated heterocycles. The van der Waals surface area contributed by atoms with E-state index in [9.17, 15) is 9.59 Å². The first-order valence-corrected chi connectivity index (χ1v) is 14.2. The van der Waals surface area contributed by atoms with E-state index in [4.69, 9.17) is 23.2 Å². The Bertz CT molecular complexity index is 1440. The number of carbonyl (C=O) groups is 2. The summed E-state index contributed by atoms with van der Waals surface area (Å²) in [6.45, 7) is 0.639. The van der Waals surface area contributed by atoms with Crippen molar-refractivity contribution in [2.45, 2.75) is 36.2 Å². The van der Waals surface area contributed by atoms with Gasteiger partial charge in [-0.2, -0.15) is 0 Å². The number of benzene rings is 2. The van der Waals surface area contributed by atoms with Gasteiger partial charge >= 0.3 is 0 Å². The third-order valence-corrected chi connectivity index (χ3v) is 8.41. The van der Waals surface area contributed by atoms with Gasteiger partial charge in [-0.3, -0.25) is 14.2 Å². The van der Waals surface area contributed by atoms with Crippen molar-refractivity contribution in [2.75, 3.05) is 6.54 Å². The molecular formula is C25H22Cl2N6O2S2. The maximum absolute atomic E-state index is 12.7. The molecule has 1 aliphatic rings. The summed E-state index contributed by atoms with van der Waals surface area (Å²) in [5, 5.41) is 18.6. The number of carbonyl (C=O) groups excluding carboxylic acids is 2. The molecule has 0 spiro atoms. The fourth-order valence-corrected chi connectivity index (χ4v) is 6.13. The lowest BCUT2D eigenvalue weighted by Gasteiger charge is -2.14. The normalized spacial score (nSPS) is 15.7. The number of hydrogen-bond donors (Lipinski definition) is 2. The van der Waals surface area contributed by atoms with Gasteiger partial charge < -0.3 is 10.6 Å². The van der Waals surface area contributed by atoms with E-state index in [1.807, 2.05) is 47.0 Å². The molecule has 4 aromatic rings. The van der Waals surface area contributed by atoms with Crippen molar-refractivity contribution in [3.63, 3.8) is 0 Å². The number of thioether (sulfide) groups is 1. The van der Waals surface area contributed by atoms with E-state index in [1.54, 1.807) is 11.4 Å². The Hall–Kier alpha value is -2.92. The highest BCUT2D eigenvalue weighted by molar-refractivity contribution is 7.98. The third kappa shape index (κ3) is 5.82. The molecule has 0 aliphatic carbocycles. The Labute approximate surface area is 231 Å². The van der Waals surface area contributed by atoms with Gasteiger partial charge in [0.2, 0.25) is 5.91 Å². The maximum atomic E-state index is 12.7. The molecule has 0 unspecified atom stereocenters. The standard InChI is InChI=1S/C25H22Cl2N6O2S2/c26-16-8-2-1-7-15(16)22-31-32-25(33(22)20-11-4-3-9-17(20)27)37-14-21-29-19(13-36-21)24(35)30-18-10-5-6-12-28-23(18)34/h1-4,7-9,11,13,18H,5-6,10,12,14H2,(H,28,34)(H,30,35)/t18-/m0/s1. The van der Waals surface area contributed by atoms with Crippen LogP contribution in [0.25, 0.3) is 17.1 Å². The van der Waals surface area contributed by atoms with Crippen molar-refractivity contribution in [3.05, 3.63) is 74.7 Å². The lowest BCUT2D eigenvalue weighted by atomic mass is 10.1. The zero-order valence-corrected chi connectivity index (χ0v) is 22.6. The molecule has 0 radical (unpaired) electrons. The summed E-state index contributed by atoms with van der Waals surface area (Å²) in [5.41, 5.74) is 1.76. The van der Waals surface area contributed by atoms with Crippen LogP contribution in [0.1, 0.15) is 34.8 Å². The molecule has 0 saturated carbocycles. The lowest BCUT2D eigenvalue weighted by Crippen LogP contribution is -2.45. The second-order valence-electron chi connectivity index (χ2n) is 8.30. The summed E-state index contributed by atoms with van der Waals surface area (Å²) in [5.74, 6) is 0.537. The SMILES string of the molecule is O=C(N[C@H]1CCCCNC1=O)c1csc(CSc2nnc(-c3ccccc3Cl)n2-c2ccccc2Cl)n1. The summed E-state index contributed by atoms with van der Waals surface area (Å²) in [6.07, 6.45) is 2.41. The highest BCUT2D eigenvalue weighted by Crippen LogP contribution is 2.35. The van der Waals surface area contributed by atoms with Gasteiger partial charge in [0.1, 0.15) is 16.7 Å². The van der Waals surface area contributed by atoms with Crippen molar-refractivity contribution >= 4 is 58.1 Å². The molecular weight excluding hydrogens is 551 g/mol. The van der Waals surface area contributed by atoms with Crippen molar-refractivity contribution in [2.24, 2.45) is 0 Å². The molecule has 12 heteroatoms. The Morgan fingerprint density at radius 3 is 2.70 bits per heavy atom. The highest BCUT2D eigenvalue weighted by atomic mass is 35.5. The number of aromatic nitrogens is 4. The minimum absolute atomic E-state index is 0.148. The van der Waals surface area contributed by atoms with Crippen LogP contribution in [0, 0.1) is 0 Å². The molecule has 37 heavy (non-hydrogen) atoms. The second kappa shape index (κ2) is 11.6. The molecule has 1 atom stereocenters. The summed E-state index contributed by atoms with van der Waals surface area (Å²) in [6, 6.07) is 14.4. The van der Waals surface area contributed by atoms with Gasteiger partial charge in [0, 0.05) is 17.5 Å². The van der Waals surface area contributed by atoms with Crippen LogP contribution in [0.4, 0.5) is 0 Å². The van der Waals surface area contributed by atoms with Gasteiger partial charge in [0.05, 0.1) is 21.5 Å². The molecule has 2 aromatic carbocycles. The van der Waals surface area contributed by atoms with Crippen LogP contribution in [-0.2, 0) is 10.5 Å². The minimum atomic E-state index is -0.535. The number of nitrogens with zero attached hydrogens (tertiary/aromatic N) is 4. The van der Waals surface area contributed by atoms with Gasteiger partial charge in [0.25, 0.3) is 5.91 Å². The molecule has 1 aliphatic heterocycles. The molecule has 190 valence electrons. The number of para-hydroxylation sites is 1. The number of nitrogens with one attached hydrogen (secondary N) is 2.